The molecule has 0 spiro atoms. The van der Waals surface area contributed by atoms with Gasteiger partial charge in [0, 0.05) is 5.56 Å². The number of carbonyl (C=O) groups excluding carboxylic acids is 2. The Labute approximate surface area is 169 Å². The minimum absolute atomic E-state index is 0.0308. The molecule has 3 rings (SSSR count). The Morgan fingerprint density at radius 1 is 1.26 bits per heavy atom. The van der Waals surface area contributed by atoms with Crippen molar-refractivity contribution >= 4 is 46.3 Å². The third kappa shape index (κ3) is 6.32. The Morgan fingerprint density at radius 2 is 1.96 bits per heavy atom. The first-order chi connectivity index (χ1) is 12.9. The average Bonchev–Trinajstić information content (AvgIpc) is 3.18. The molecule has 6 nitrogen and oxygen atoms in total. The van der Waals surface area contributed by atoms with Gasteiger partial charge >= 0.3 is 0 Å². The molecule has 9 heteroatoms. The van der Waals surface area contributed by atoms with Crippen molar-refractivity contribution in [1.82, 2.24) is 4.98 Å². The molecule has 27 heavy (non-hydrogen) atoms. The summed E-state index contributed by atoms with van der Waals surface area (Å²) >= 11 is 13.1. The van der Waals surface area contributed by atoms with E-state index < -0.39 is 12.6 Å². The van der Waals surface area contributed by atoms with Crippen LogP contribution >= 0.6 is 34.5 Å². The van der Waals surface area contributed by atoms with Crippen LogP contribution in [-0.2, 0) is 11.8 Å². The normalized spacial score (nSPS) is 9.89. The van der Waals surface area contributed by atoms with Crippen molar-refractivity contribution < 1.29 is 24.0 Å². The molecule has 0 fully saturated rings. The Hall–Kier alpha value is -2.48. The highest BCUT2D eigenvalue weighted by Gasteiger charge is 2.16. The van der Waals surface area contributed by atoms with E-state index in [0.717, 1.165) is 0 Å². The van der Waals surface area contributed by atoms with E-state index in [1.165, 1.54) is 23.5 Å². The average molecular weight is 425 g/mol. The fourth-order valence-electron chi connectivity index (χ4n) is 1.87. The van der Waals surface area contributed by atoms with Gasteiger partial charge in [0.15, 0.2) is 12.4 Å². The van der Waals surface area contributed by atoms with Crippen LogP contribution in [0.15, 0.2) is 54.4 Å². The lowest BCUT2D eigenvalue weighted by atomic mass is 10.1. The number of ketones is 1. The van der Waals surface area contributed by atoms with Gasteiger partial charge in [0.2, 0.25) is 5.78 Å². The number of hydrogen-bond acceptors (Lipinski definition) is 6. The van der Waals surface area contributed by atoms with Gasteiger partial charge in [-0.25, -0.2) is 4.57 Å². The largest absolute Gasteiger partial charge is 0.546 e. The van der Waals surface area contributed by atoms with Gasteiger partial charge < -0.3 is 14.6 Å². The molecule has 0 aliphatic carbocycles. The second-order valence-corrected chi connectivity index (χ2v) is 6.88. The van der Waals surface area contributed by atoms with Crippen LogP contribution in [0.5, 0.6) is 5.75 Å². The van der Waals surface area contributed by atoms with E-state index in [1.54, 1.807) is 29.9 Å². The van der Waals surface area contributed by atoms with Crippen LogP contribution in [0, 0.1) is 0 Å². The summed E-state index contributed by atoms with van der Waals surface area (Å²) in [6.45, 7) is -0.674. The Balaban J connectivity index is 0.000000313. The van der Waals surface area contributed by atoms with Crippen molar-refractivity contribution in [3.8, 4) is 5.75 Å². The number of aliphatic carboxylic acids is 1. The smallest absolute Gasteiger partial charge is 0.203 e. The zero-order valence-electron chi connectivity index (χ0n) is 14.1. The summed E-state index contributed by atoms with van der Waals surface area (Å²) < 4.78 is 6.90. The molecule has 0 unspecified atom stereocenters. The number of rotatable bonds is 5. The number of halogens is 2. The molecule has 3 aromatic rings. The van der Waals surface area contributed by atoms with Crippen molar-refractivity contribution in [1.29, 1.82) is 0 Å². The first-order valence-electron chi connectivity index (χ1n) is 7.53. The first kappa shape index (κ1) is 20.8. The van der Waals surface area contributed by atoms with Crippen LogP contribution < -0.4 is 14.4 Å². The fourth-order valence-corrected chi connectivity index (χ4v) is 2.93. The molecule has 0 saturated heterocycles. The van der Waals surface area contributed by atoms with Gasteiger partial charge in [-0.05, 0) is 23.6 Å². The monoisotopic (exact) mass is 424 g/mol. The van der Waals surface area contributed by atoms with E-state index >= 15 is 0 Å². The van der Waals surface area contributed by atoms with E-state index in [2.05, 4.69) is 4.98 Å². The topological polar surface area (TPSA) is 83.2 Å². The summed E-state index contributed by atoms with van der Waals surface area (Å²) in [5, 5.41) is 12.3. The lowest BCUT2D eigenvalue weighted by Crippen LogP contribution is -2.29. The molecule has 0 N–H and O–H groups in total. The van der Waals surface area contributed by atoms with Crippen molar-refractivity contribution in [2.45, 2.75) is 0 Å². The zero-order chi connectivity index (χ0) is 19.8. The van der Waals surface area contributed by atoms with Gasteiger partial charge in [0.05, 0.1) is 28.3 Å². The third-order valence-corrected chi connectivity index (χ3v) is 4.78. The summed E-state index contributed by atoms with van der Waals surface area (Å²) in [4.78, 5) is 26.9. The molecule has 0 radical (unpaired) electrons. The molecule has 0 bridgehead atoms. The highest BCUT2D eigenvalue weighted by molar-refractivity contribution is 7.12. The van der Waals surface area contributed by atoms with Gasteiger partial charge in [-0.1, -0.05) is 29.3 Å². The summed E-state index contributed by atoms with van der Waals surface area (Å²) in [6, 6.07) is 6.21. The number of aryl methyl sites for hydroxylation is 1. The van der Waals surface area contributed by atoms with Crippen LogP contribution in [0.3, 0.4) is 0 Å². The van der Waals surface area contributed by atoms with Crippen LogP contribution in [-0.4, -0.2) is 23.3 Å². The second-order valence-electron chi connectivity index (χ2n) is 5.15. The second kappa shape index (κ2) is 10.0. The van der Waals surface area contributed by atoms with E-state index in [9.17, 15) is 14.7 Å². The molecule has 0 amide bonds. The number of nitrogens with zero attached hydrogens (tertiary/aromatic N) is 2. The number of hydrogen-bond donors (Lipinski definition) is 0. The molecule has 0 saturated carbocycles. The van der Waals surface area contributed by atoms with Gasteiger partial charge in [-0.2, -0.15) is 0 Å². The summed E-state index contributed by atoms with van der Waals surface area (Å²) in [6.07, 6.45) is 7.28. The van der Waals surface area contributed by atoms with E-state index in [1.807, 2.05) is 24.0 Å². The van der Waals surface area contributed by atoms with Crippen LogP contribution in [0.2, 0.25) is 10.0 Å². The summed E-state index contributed by atoms with van der Waals surface area (Å²) in [7, 11) is 1.96. The summed E-state index contributed by atoms with van der Waals surface area (Å²) in [5.41, 5.74) is 0.273. The maximum atomic E-state index is 12.2. The minimum atomic E-state index is -1.40. The quantitative estimate of drug-likeness (QED) is 0.463. The Morgan fingerprint density at radius 3 is 2.48 bits per heavy atom. The van der Waals surface area contributed by atoms with E-state index in [4.69, 9.17) is 27.9 Å². The molecule has 1 aromatic carbocycles. The molecular formula is C18H14Cl2N2O4S. The first-order valence-corrected chi connectivity index (χ1v) is 9.17. The standard InChI is InChI=1S/C13H8Cl2O4S.C5H7N2/c14-8-4-7(13(18)10-2-1-3-20-10)5-9(12(8)15)19-6-11(16)17;1-7-4-2-6-3-5-7/h1-5H,6H2,(H,16,17);2-5H,1H3/q;+1/p-1. The van der Waals surface area contributed by atoms with Crippen molar-refractivity contribution in [2.75, 3.05) is 6.61 Å². The zero-order valence-corrected chi connectivity index (χ0v) is 16.4. The molecule has 2 heterocycles. The van der Waals surface area contributed by atoms with Crippen molar-refractivity contribution in [3.63, 3.8) is 0 Å². The number of thiophene rings is 1. The van der Waals surface area contributed by atoms with Crippen LogP contribution in [0.25, 0.3) is 0 Å². The molecule has 0 aliphatic rings. The maximum Gasteiger partial charge on any atom is 0.203 e. The number of benzene rings is 1. The highest BCUT2D eigenvalue weighted by Crippen LogP contribution is 2.34. The van der Waals surface area contributed by atoms with E-state index in [0.29, 0.717) is 4.88 Å². The molecule has 140 valence electrons. The van der Waals surface area contributed by atoms with Gasteiger partial charge in [0.1, 0.15) is 24.4 Å². The maximum absolute atomic E-state index is 12.2. The Bertz CT molecular complexity index is 919. The summed E-state index contributed by atoms with van der Waals surface area (Å²) in [5.74, 6) is -1.60. The lowest BCUT2D eigenvalue weighted by Gasteiger charge is -2.11. The predicted octanol–water partition coefficient (Wildman–Crippen LogP) is 2.32. The number of carboxylic acids is 1. The molecule has 0 aliphatic heterocycles. The van der Waals surface area contributed by atoms with E-state index in [-0.39, 0.29) is 27.1 Å². The van der Waals surface area contributed by atoms with Crippen LogP contribution in [0.4, 0.5) is 0 Å². The highest BCUT2D eigenvalue weighted by atomic mass is 35.5. The molecule has 2 aromatic heterocycles. The SMILES string of the molecule is C[n+]1ccncc1.O=C([O-])COc1cc(C(=O)c2cccs2)cc(Cl)c1Cl. The molecule has 0 atom stereocenters. The Kier molecular flexibility index (Phi) is 7.72. The third-order valence-electron chi connectivity index (χ3n) is 3.12. The lowest BCUT2D eigenvalue weighted by molar-refractivity contribution is -0.672. The van der Waals surface area contributed by atoms with Crippen LogP contribution in [0.1, 0.15) is 15.2 Å². The predicted molar refractivity (Wildman–Crippen MR) is 100 cm³/mol. The fraction of sp³-hybridized carbons (Fsp3) is 0.111. The molecular weight excluding hydrogens is 411 g/mol. The van der Waals surface area contributed by atoms with Gasteiger partial charge in [0.25, 0.3) is 0 Å². The number of ether oxygens (including phenoxy) is 1. The number of carbonyl (C=O) groups is 2. The van der Waals surface area contributed by atoms with Crippen molar-refractivity contribution in [2.24, 2.45) is 7.05 Å². The number of aromatic nitrogens is 2. The van der Waals surface area contributed by atoms with Gasteiger partial charge in [-0.3, -0.25) is 9.78 Å². The van der Waals surface area contributed by atoms with Crippen molar-refractivity contribution in [3.05, 3.63) is 74.9 Å². The van der Waals surface area contributed by atoms with Gasteiger partial charge in [-0.15, -0.1) is 11.3 Å². The minimum Gasteiger partial charge on any atom is -0.546 e. The number of carboxylic acid groups (broad SMARTS) is 1.